The van der Waals surface area contributed by atoms with Crippen LogP contribution in [0.2, 0.25) is 0 Å². The highest BCUT2D eigenvalue weighted by Crippen LogP contribution is 2.18. The number of hydrogen-bond donors (Lipinski definition) is 0. The van der Waals surface area contributed by atoms with E-state index in [2.05, 4.69) is 30.1 Å². The van der Waals surface area contributed by atoms with Crippen molar-refractivity contribution in [3.63, 3.8) is 0 Å². The van der Waals surface area contributed by atoms with Gasteiger partial charge in [-0.1, -0.05) is 5.21 Å². The molecule has 0 bridgehead atoms. The molecule has 1 aliphatic heterocycles. The number of nitrogens with zero attached hydrogens (tertiary/aromatic N) is 8. The smallest absolute Gasteiger partial charge is 0.225 e. The highest BCUT2D eigenvalue weighted by molar-refractivity contribution is 5.58. The Balaban J connectivity index is 1.36. The summed E-state index contributed by atoms with van der Waals surface area (Å²) in [5.74, 6) is 0.789. The molecular formula is C17H20N8. The summed E-state index contributed by atoms with van der Waals surface area (Å²) in [5, 5.41) is 7.84. The average Bonchev–Trinajstić information content (AvgIpc) is 3.21. The Hall–Kier alpha value is -2.87. The van der Waals surface area contributed by atoms with Crippen molar-refractivity contribution < 1.29 is 0 Å². The largest absolute Gasteiger partial charge is 0.338 e. The molecule has 0 unspecified atom stereocenters. The molecule has 8 nitrogen and oxygen atoms in total. The first kappa shape index (κ1) is 15.6. The number of hydrogen-bond acceptors (Lipinski definition) is 7. The van der Waals surface area contributed by atoms with Crippen molar-refractivity contribution in [3.05, 3.63) is 49.2 Å². The van der Waals surface area contributed by atoms with Gasteiger partial charge in [0, 0.05) is 63.1 Å². The SMILES string of the molecule is c1cncc(-c2ccnc(N3CCN(CCn4ccnn4)CC3)n2)c1. The fourth-order valence-electron chi connectivity index (χ4n) is 2.94. The van der Waals surface area contributed by atoms with E-state index < -0.39 is 0 Å². The Kier molecular flexibility index (Phi) is 4.60. The summed E-state index contributed by atoms with van der Waals surface area (Å²) in [6.45, 7) is 5.69. The van der Waals surface area contributed by atoms with Gasteiger partial charge in [-0.3, -0.25) is 14.6 Å². The first-order valence-corrected chi connectivity index (χ1v) is 8.43. The Bertz CT molecular complexity index is 781. The quantitative estimate of drug-likeness (QED) is 0.686. The summed E-state index contributed by atoms with van der Waals surface area (Å²) in [6.07, 6.45) is 9.03. The van der Waals surface area contributed by atoms with Gasteiger partial charge >= 0.3 is 0 Å². The summed E-state index contributed by atoms with van der Waals surface area (Å²) < 4.78 is 1.87. The lowest BCUT2D eigenvalue weighted by molar-refractivity contribution is 0.242. The van der Waals surface area contributed by atoms with Crippen LogP contribution in [-0.2, 0) is 6.54 Å². The fourth-order valence-corrected chi connectivity index (χ4v) is 2.94. The Morgan fingerprint density at radius 3 is 2.64 bits per heavy atom. The second-order valence-electron chi connectivity index (χ2n) is 5.98. The van der Waals surface area contributed by atoms with Gasteiger partial charge < -0.3 is 4.90 Å². The molecule has 0 saturated carbocycles. The van der Waals surface area contributed by atoms with Crippen molar-refractivity contribution >= 4 is 5.95 Å². The van der Waals surface area contributed by atoms with E-state index >= 15 is 0 Å². The molecule has 4 heterocycles. The highest BCUT2D eigenvalue weighted by atomic mass is 15.4. The van der Waals surface area contributed by atoms with E-state index in [0.29, 0.717) is 0 Å². The molecule has 8 heteroatoms. The molecule has 0 aromatic carbocycles. The molecule has 128 valence electrons. The molecule has 1 aliphatic rings. The maximum atomic E-state index is 4.71. The first-order valence-electron chi connectivity index (χ1n) is 8.43. The van der Waals surface area contributed by atoms with Crippen LogP contribution in [0, 0.1) is 0 Å². The molecule has 1 fully saturated rings. The summed E-state index contributed by atoms with van der Waals surface area (Å²) in [5.41, 5.74) is 1.92. The van der Waals surface area contributed by atoms with Crippen LogP contribution in [0.25, 0.3) is 11.3 Å². The second kappa shape index (κ2) is 7.35. The summed E-state index contributed by atoms with van der Waals surface area (Å²) in [6, 6.07) is 5.86. The van der Waals surface area contributed by atoms with E-state index in [9.17, 15) is 0 Å². The predicted molar refractivity (Wildman–Crippen MR) is 93.9 cm³/mol. The van der Waals surface area contributed by atoms with Crippen molar-refractivity contribution in [2.45, 2.75) is 6.54 Å². The van der Waals surface area contributed by atoms with Crippen molar-refractivity contribution in [1.29, 1.82) is 0 Å². The minimum atomic E-state index is 0.789. The molecule has 1 saturated heterocycles. The molecule has 0 aliphatic carbocycles. The molecule has 4 rings (SSSR count). The third kappa shape index (κ3) is 3.80. The third-order valence-corrected chi connectivity index (χ3v) is 4.37. The standard InChI is InChI=1S/C17H20N8/c1-2-15(14-18-4-1)16-3-5-19-17(21-16)24-11-8-23(9-12-24)10-13-25-7-6-20-22-25/h1-7,14H,8-13H2. The topological polar surface area (TPSA) is 75.9 Å². The number of piperazine rings is 1. The average molecular weight is 336 g/mol. The fraction of sp³-hybridized carbons (Fsp3) is 0.353. The van der Waals surface area contributed by atoms with E-state index in [4.69, 9.17) is 4.98 Å². The van der Waals surface area contributed by atoms with Gasteiger partial charge in [0.05, 0.1) is 18.4 Å². The van der Waals surface area contributed by atoms with E-state index in [1.54, 1.807) is 12.4 Å². The maximum absolute atomic E-state index is 4.71. The van der Waals surface area contributed by atoms with E-state index in [1.807, 2.05) is 41.5 Å². The summed E-state index contributed by atoms with van der Waals surface area (Å²) in [7, 11) is 0. The predicted octanol–water partition coefficient (Wildman–Crippen LogP) is 0.952. The zero-order valence-corrected chi connectivity index (χ0v) is 13.9. The van der Waals surface area contributed by atoms with Gasteiger partial charge in [-0.2, -0.15) is 0 Å². The summed E-state index contributed by atoms with van der Waals surface area (Å²) >= 11 is 0. The van der Waals surface area contributed by atoms with Gasteiger partial charge in [-0.15, -0.1) is 5.10 Å². The highest BCUT2D eigenvalue weighted by Gasteiger charge is 2.19. The van der Waals surface area contributed by atoms with Crippen LogP contribution >= 0.6 is 0 Å². The van der Waals surface area contributed by atoms with Gasteiger partial charge in [0.15, 0.2) is 0 Å². The normalized spacial score (nSPS) is 15.4. The Morgan fingerprint density at radius 2 is 1.88 bits per heavy atom. The number of anilines is 1. The maximum Gasteiger partial charge on any atom is 0.225 e. The van der Waals surface area contributed by atoms with E-state index in [0.717, 1.165) is 56.5 Å². The zero-order chi connectivity index (χ0) is 16.9. The molecule has 3 aromatic heterocycles. The lowest BCUT2D eigenvalue weighted by Crippen LogP contribution is -2.47. The van der Waals surface area contributed by atoms with E-state index in [1.165, 1.54) is 0 Å². The molecule has 0 amide bonds. The molecule has 3 aromatic rings. The van der Waals surface area contributed by atoms with Crippen molar-refractivity contribution in [3.8, 4) is 11.3 Å². The lowest BCUT2D eigenvalue weighted by Gasteiger charge is -2.34. The molecule has 0 spiro atoms. The van der Waals surface area contributed by atoms with Crippen molar-refractivity contribution in [2.75, 3.05) is 37.6 Å². The lowest BCUT2D eigenvalue weighted by atomic mass is 10.2. The molecule has 0 N–H and O–H groups in total. The van der Waals surface area contributed by atoms with Crippen LogP contribution in [0.3, 0.4) is 0 Å². The van der Waals surface area contributed by atoms with Crippen LogP contribution in [0.5, 0.6) is 0 Å². The molecule has 25 heavy (non-hydrogen) atoms. The van der Waals surface area contributed by atoms with Crippen LogP contribution in [0.1, 0.15) is 0 Å². The van der Waals surface area contributed by atoms with Gasteiger partial charge in [-0.25, -0.2) is 9.97 Å². The first-order chi connectivity index (χ1) is 12.4. The molecule has 0 atom stereocenters. The zero-order valence-electron chi connectivity index (χ0n) is 13.9. The summed E-state index contributed by atoms with van der Waals surface area (Å²) in [4.78, 5) is 18.0. The third-order valence-electron chi connectivity index (χ3n) is 4.37. The molecular weight excluding hydrogens is 316 g/mol. The number of pyridine rings is 1. The molecule has 0 radical (unpaired) electrons. The van der Waals surface area contributed by atoms with Gasteiger partial charge in [0.2, 0.25) is 5.95 Å². The van der Waals surface area contributed by atoms with Crippen molar-refractivity contribution in [2.24, 2.45) is 0 Å². The minimum absolute atomic E-state index is 0.789. The minimum Gasteiger partial charge on any atom is -0.338 e. The number of rotatable bonds is 5. The van der Waals surface area contributed by atoms with Gasteiger partial charge in [0.1, 0.15) is 0 Å². The van der Waals surface area contributed by atoms with E-state index in [-0.39, 0.29) is 0 Å². The Labute approximate surface area is 146 Å². The monoisotopic (exact) mass is 336 g/mol. The van der Waals surface area contributed by atoms with Crippen LogP contribution in [0.4, 0.5) is 5.95 Å². The number of aromatic nitrogens is 6. The van der Waals surface area contributed by atoms with Crippen LogP contribution in [-0.4, -0.2) is 67.6 Å². The Morgan fingerprint density at radius 1 is 0.960 bits per heavy atom. The van der Waals surface area contributed by atoms with Gasteiger partial charge in [0.25, 0.3) is 0 Å². The van der Waals surface area contributed by atoms with Crippen LogP contribution < -0.4 is 4.90 Å². The second-order valence-corrected chi connectivity index (χ2v) is 5.98. The van der Waals surface area contributed by atoms with Gasteiger partial charge in [-0.05, 0) is 18.2 Å². The van der Waals surface area contributed by atoms with Crippen LogP contribution in [0.15, 0.2) is 49.2 Å². The van der Waals surface area contributed by atoms with Crippen molar-refractivity contribution in [1.82, 2.24) is 34.8 Å².